The molecule has 0 unspecified atom stereocenters. The fourth-order valence-electron chi connectivity index (χ4n) is 1.89. The number of fused-ring (bicyclic) bond motifs is 1. The molecular weight excluding hydrogens is 202 g/mol. The van der Waals surface area contributed by atoms with Crippen LogP contribution in [0.4, 0.5) is 5.69 Å². The van der Waals surface area contributed by atoms with Gasteiger partial charge in [-0.25, -0.2) is 0 Å². The summed E-state index contributed by atoms with van der Waals surface area (Å²) in [5.74, 6) is 0.769. The molecule has 0 aromatic heterocycles. The molecule has 16 heavy (non-hydrogen) atoms. The molecule has 1 aliphatic rings. The molecule has 0 spiro atoms. The molecule has 1 N–H and O–H groups in total. The molecule has 0 fully saturated rings. The van der Waals surface area contributed by atoms with Gasteiger partial charge in [-0.3, -0.25) is 4.79 Å². The number of carbonyl (C=O) groups is 1. The van der Waals surface area contributed by atoms with Crippen LogP contribution in [0.5, 0.6) is 5.75 Å². The van der Waals surface area contributed by atoms with Crippen molar-refractivity contribution in [1.82, 2.24) is 0 Å². The van der Waals surface area contributed by atoms with Gasteiger partial charge in [0.05, 0.1) is 12.1 Å². The Morgan fingerprint density at radius 1 is 1.25 bits per heavy atom. The summed E-state index contributed by atoms with van der Waals surface area (Å²) in [5.41, 5.74) is 2.66. The molecule has 1 aliphatic heterocycles. The molecule has 3 heteroatoms. The SMILES string of the molecule is Cc1cc2c(cc1C)OC(C)(C)CC(=O)N2. The van der Waals surface area contributed by atoms with Crippen molar-refractivity contribution in [3.05, 3.63) is 23.3 Å². The van der Waals surface area contributed by atoms with E-state index >= 15 is 0 Å². The van der Waals surface area contributed by atoms with Crippen LogP contribution >= 0.6 is 0 Å². The monoisotopic (exact) mass is 219 g/mol. The van der Waals surface area contributed by atoms with Gasteiger partial charge in [-0.15, -0.1) is 0 Å². The van der Waals surface area contributed by atoms with Crippen LogP contribution in [-0.2, 0) is 4.79 Å². The minimum atomic E-state index is -0.447. The lowest BCUT2D eigenvalue weighted by Crippen LogP contribution is -2.30. The summed E-state index contributed by atoms with van der Waals surface area (Å²) in [4.78, 5) is 11.7. The van der Waals surface area contributed by atoms with Crippen LogP contribution in [0.25, 0.3) is 0 Å². The van der Waals surface area contributed by atoms with Gasteiger partial charge in [0.2, 0.25) is 5.91 Å². The maximum absolute atomic E-state index is 11.7. The Kier molecular flexibility index (Phi) is 2.41. The number of aryl methyl sites for hydroxylation is 2. The van der Waals surface area contributed by atoms with Crippen LogP contribution in [0.15, 0.2) is 12.1 Å². The Hall–Kier alpha value is -1.51. The normalized spacial score (nSPS) is 18.1. The number of hydrogen-bond donors (Lipinski definition) is 1. The van der Waals surface area contributed by atoms with E-state index in [-0.39, 0.29) is 5.91 Å². The van der Waals surface area contributed by atoms with Crippen molar-refractivity contribution in [3.8, 4) is 5.75 Å². The third-order valence-electron chi connectivity index (χ3n) is 2.84. The zero-order valence-electron chi connectivity index (χ0n) is 10.2. The maximum atomic E-state index is 11.7. The van der Waals surface area contributed by atoms with E-state index in [9.17, 15) is 4.79 Å². The molecule has 0 atom stereocenters. The second kappa shape index (κ2) is 3.51. The topological polar surface area (TPSA) is 38.3 Å². The van der Waals surface area contributed by atoms with Gasteiger partial charge in [0.25, 0.3) is 0 Å². The Morgan fingerprint density at radius 3 is 2.56 bits per heavy atom. The second-order valence-electron chi connectivity index (χ2n) is 5.02. The molecule has 0 aliphatic carbocycles. The fourth-order valence-corrected chi connectivity index (χ4v) is 1.89. The second-order valence-corrected chi connectivity index (χ2v) is 5.02. The van der Waals surface area contributed by atoms with Gasteiger partial charge in [-0.2, -0.15) is 0 Å². The average Bonchev–Trinajstić information content (AvgIpc) is 2.21. The predicted molar refractivity (Wildman–Crippen MR) is 63.9 cm³/mol. The molecule has 1 aromatic rings. The van der Waals surface area contributed by atoms with Crippen LogP contribution in [-0.4, -0.2) is 11.5 Å². The summed E-state index contributed by atoms with van der Waals surface area (Å²) in [5, 5.41) is 2.88. The van der Waals surface area contributed by atoms with E-state index in [0.717, 1.165) is 17.0 Å². The van der Waals surface area contributed by atoms with Gasteiger partial charge in [0.1, 0.15) is 11.4 Å². The molecule has 1 aromatic carbocycles. The highest BCUT2D eigenvalue weighted by Gasteiger charge is 2.29. The molecule has 0 bridgehead atoms. The Morgan fingerprint density at radius 2 is 1.88 bits per heavy atom. The standard InChI is InChI=1S/C13H17NO2/c1-8-5-10-11(6-9(8)2)16-13(3,4)7-12(15)14-10/h5-6H,7H2,1-4H3,(H,14,15). The number of hydrogen-bond acceptors (Lipinski definition) is 2. The van der Waals surface area contributed by atoms with Gasteiger partial charge in [-0.1, -0.05) is 0 Å². The third kappa shape index (κ3) is 2.03. The van der Waals surface area contributed by atoms with Crippen molar-refractivity contribution in [2.45, 2.75) is 39.7 Å². The van der Waals surface area contributed by atoms with Crippen molar-refractivity contribution in [1.29, 1.82) is 0 Å². The summed E-state index contributed by atoms with van der Waals surface area (Å²) in [7, 11) is 0. The van der Waals surface area contributed by atoms with E-state index in [2.05, 4.69) is 5.32 Å². The number of anilines is 1. The highest BCUT2D eigenvalue weighted by Crippen LogP contribution is 2.34. The van der Waals surface area contributed by atoms with E-state index in [1.54, 1.807) is 0 Å². The quantitative estimate of drug-likeness (QED) is 0.728. The lowest BCUT2D eigenvalue weighted by Gasteiger charge is -2.23. The van der Waals surface area contributed by atoms with Crippen molar-refractivity contribution in [3.63, 3.8) is 0 Å². The zero-order chi connectivity index (χ0) is 11.9. The van der Waals surface area contributed by atoms with Gasteiger partial charge >= 0.3 is 0 Å². The Bertz CT molecular complexity index is 449. The molecule has 1 heterocycles. The molecule has 3 nitrogen and oxygen atoms in total. The summed E-state index contributed by atoms with van der Waals surface area (Å²) in [6.45, 7) is 7.92. The minimum absolute atomic E-state index is 0.00648. The zero-order valence-corrected chi connectivity index (χ0v) is 10.2. The first-order chi connectivity index (χ1) is 7.37. The number of amides is 1. The molecular formula is C13H17NO2. The van der Waals surface area contributed by atoms with Crippen LogP contribution in [0.1, 0.15) is 31.4 Å². The molecule has 86 valence electrons. The first-order valence-corrected chi connectivity index (χ1v) is 5.47. The number of benzene rings is 1. The van der Waals surface area contributed by atoms with Crippen molar-refractivity contribution in [2.24, 2.45) is 0 Å². The van der Waals surface area contributed by atoms with Crippen molar-refractivity contribution < 1.29 is 9.53 Å². The lowest BCUT2D eigenvalue weighted by molar-refractivity contribution is -0.118. The van der Waals surface area contributed by atoms with Crippen molar-refractivity contribution in [2.75, 3.05) is 5.32 Å². The molecule has 0 saturated carbocycles. The van der Waals surface area contributed by atoms with Crippen molar-refractivity contribution >= 4 is 11.6 Å². The van der Waals surface area contributed by atoms with Gasteiger partial charge in [0.15, 0.2) is 0 Å². The number of carbonyl (C=O) groups excluding carboxylic acids is 1. The summed E-state index contributed by atoms with van der Waals surface area (Å²) < 4.78 is 5.87. The largest absolute Gasteiger partial charge is 0.485 e. The Balaban J connectivity index is 2.50. The molecule has 0 radical (unpaired) electrons. The Labute approximate surface area is 95.8 Å². The van der Waals surface area contributed by atoms with Crippen LogP contribution in [0, 0.1) is 13.8 Å². The van der Waals surface area contributed by atoms with E-state index in [4.69, 9.17) is 4.74 Å². The maximum Gasteiger partial charge on any atom is 0.228 e. The van der Waals surface area contributed by atoms with Crippen LogP contribution < -0.4 is 10.1 Å². The third-order valence-corrected chi connectivity index (χ3v) is 2.84. The van der Waals surface area contributed by atoms with Crippen LogP contribution in [0.2, 0.25) is 0 Å². The number of nitrogens with one attached hydrogen (secondary N) is 1. The predicted octanol–water partition coefficient (Wildman–Crippen LogP) is 2.80. The molecule has 1 amide bonds. The van der Waals surface area contributed by atoms with Crippen LogP contribution in [0.3, 0.4) is 0 Å². The minimum Gasteiger partial charge on any atom is -0.485 e. The molecule has 0 saturated heterocycles. The van der Waals surface area contributed by atoms with E-state index in [0.29, 0.717) is 6.42 Å². The van der Waals surface area contributed by atoms with Gasteiger partial charge in [-0.05, 0) is 51.0 Å². The fraction of sp³-hybridized carbons (Fsp3) is 0.462. The summed E-state index contributed by atoms with van der Waals surface area (Å²) in [6.07, 6.45) is 0.375. The highest BCUT2D eigenvalue weighted by molar-refractivity contribution is 5.94. The summed E-state index contributed by atoms with van der Waals surface area (Å²) >= 11 is 0. The average molecular weight is 219 g/mol. The van der Waals surface area contributed by atoms with E-state index in [1.165, 1.54) is 5.56 Å². The van der Waals surface area contributed by atoms with E-state index < -0.39 is 5.60 Å². The summed E-state index contributed by atoms with van der Waals surface area (Å²) in [6, 6.07) is 3.95. The first kappa shape index (κ1) is 11.0. The molecule has 2 rings (SSSR count). The van der Waals surface area contributed by atoms with Gasteiger partial charge < -0.3 is 10.1 Å². The van der Waals surface area contributed by atoms with Gasteiger partial charge in [0, 0.05) is 0 Å². The number of rotatable bonds is 0. The lowest BCUT2D eigenvalue weighted by atomic mass is 10.1. The first-order valence-electron chi connectivity index (χ1n) is 5.47. The highest BCUT2D eigenvalue weighted by atomic mass is 16.5. The van der Waals surface area contributed by atoms with E-state index in [1.807, 2.05) is 39.8 Å². The smallest absolute Gasteiger partial charge is 0.228 e. The number of ether oxygens (including phenoxy) is 1.